The van der Waals surface area contributed by atoms with Crippen molar-refractivity contribution < 1.29 is 19.1 Å². The quantitative estimate of drug-likeness (QED) is 0.210. The molecule has 0 spiro atoms. The monoisotopic (exact) mass is 532 g/mol. The minimum Gasteiger partial charge on any atom is -0.381 e. The number of methoxy groups -OCH3 is 2. The second-order valence-corrected chi connectivity index (χ2v) is 13.2. The third-order valence-electron chi connectivity index (χ3n) is 11.0. The van der Waals surface area contributed by atoms with Crippen LogP contribution in [0.1, 0.15) is 142 Å². The predicted molar refractivity (Wildman–Crippen MR) is 156 cm³/mol. The maximum Gasteiger partial charge on any atom is 0.133 e. The van der Waals surface area contributed by atoms with E-state index in [1.54, 1.807) is 0 Å². The lowest BCUT2D eigenvalue weighted by molar-refractivity contribution is -0.123. The standard InChI is InChI=1S/2C17H30O2/c2*1-3-16(19-2)7-5-4-6-13-8-9-14-12-15(18)10-11-17(13)14/h2*13-14,16-17H,3-12H2,1-2H3. The third kappa shape index (κ3) is 9.72. The fourth-order valence-electron chi connectivity index (χ4n) is 8.63. The van der Waals surface area contributed by atoms with Gasteiger partial charge >= 0.3 is 0 Å². The Labute approximate surface area is 234 Å². The van der Waals surface area contributed by atoms with Gasteiger partial charge in [0.25, 0.3) is 0 Å². The van der Waals surface area contributed by atoms with E-state index in [0.717, 1.165) is 74.0 Å². The summed E-state index contributed by atoms with van der Waals surface area (Å²) in [6, 6.07) is 0. The number of carbonyl (C=O) groups is 2. The van der Waals surface area contributed by atoms with E-state index in [1.807, 2.05) is 14.2 Å². The number of hydrogen-bond donors (Lipinski definition) is 0. The van der Waals surface area contributed by atoms with Gasteiger partial charge in [-0.2, -0.15) is 0 Å². The van der Waals surface area contributed by atoms with Crippen molar-refractivity contribution in [3.63, 3.8) is 0 Å². The van der Waals surface area contributed by atoms with Gasteiger partial charge in [-0.3, -0.25) is 9.59 Å². The summed E-state index contributed by atoms with van der Waals surface area (Å²) >= 11 is 0. The molecule has 0 aromatic rings. The minimum atomic E-state index is 0.462. The molecule has 4 nitrogen and oxygen atoms in total. The molecule has 0 N–H and O–H groups in total. The fraction of sp³-hybridized carbons (Fsp3) is 0.941. The molecule has 0 saturated heterocycles. The molecule has 4 rings (SSSR count). The summed E-state index contributed by atoms with van der Waals surface area (Å²) < 4.78 is 10.9. The average Bonchev–Trinajstić information content (AvgIpc) is 3.52. The molecule has 0 aliphatic heterocycles. The Hall–Kier alpha value is -0.740. The molecule has 4 heteroatoms. The molecular weight excluding hydrogens is 472 g/mol. The van der Waals surface area contributed by atoms with Gasteiger partial charge in [0.05, 0.1) is 12.2 Å². The molecule has 8 atom stereocenters. The van der Waals surface area contributed by atoms with Gasteiger partial charge in [0.15, 0.2) is 0 Å². The molecule has 0 heterocycles. The van der Waals surface area contributed by atoms with Crippen LogP contribution in [-0.2, 0) is 19.1 Å². The Morgan fingerprint density at radius 2 is 1.05 bits per heavy atom. The summed E-state index contributed by atoms with van der Waals surface area (Å²) in [4.78, 5) is 23.0. The van der Waals surface area contributed by atoms with Crippen molar-refractivity contribution >= 4 is 11.6 Å². The smallest absolute Gasteiger partial charge is 0.133 e. The fourth-order valence-corrected chi connectivity index (χ4v) is 8.63. The second-order valence-electron chi connectivity index (χ2n) is 13.2. The normalized spacial score (nSPS) is 32.3. The Morgan fingerprint density at radius 1 is 0.632 bits per heavy atom. The first-order valence-corrected chi connectivity index (χ1v) is 16.6. The van der Waals surface area contributed by atoms with E-state index in [0.29, 0.717) is 23.8 Å². The first kappa shape index (κ1) is 31.8. The molecule has 4 aliphatic rings. The highest BCUT2D eigenvalue weighted by molar-refractivity contribution is 5.79. The summed E-state index contributed by atoms with van der Waals surface area (Å²) in [5, 5.41) is 0. The topological polar surface area (TPSA) is 52.6 Å². The van der Waals surface area contributed by atoms with Crippen molar-refractivity contribution in [3.8, 4) is 0 Å². The number of fused-ring (bicyclic) bond motifs is 2. The van der Waals surface area contributed by atoms with Crippen LogP contribution in [0.25, 0.3) is 0 Å². The zero-order valence-electron chi connectivity index (χ0n) is 25.4. The van der Waals surface area contributed by atoms with E-state index in [4.69, 9.17) is 9.47 Å². The van der Waals surface area contributed by atoms with E-state index in [1.165, 1.54) is 89.9 Å². The number of rotatable bonds is 14. The average molecular weight is 533 g/mol. The number of unbranched alkanes of at least 4 members (excludes halogenated alkanes) is 2. The summed E-state index contributed by atoms with van der Waals surface area (Å²) in [6.07, 6.45) is 25.0. The highest BCUT2D eigenvalue weighted by Gasteiger charge is 2.40. The van der Waals surface area contributed by atoms with Gasteiger partial charge in [-0.15, -0.1) is 0 Å². The summed E-state index contributed by atoms with van der Waals surface area (Å²) in [5.74, 6) is 6.12. The minimum absolute atomic E-state index is 0.462. The van der Waals surface area contributed by atoms with Crippen LogP contribution in [-0.4, -0.2) is 38.0 Å². The van der Waals surface area contributed by atoms with Crippen LogP contribution in [0.2, 0.25) is 0 Å². The van der Waals surface area contributed by atoms with Crippen LogP contribution in [0.3, 0.4) is 0 Å². The highest BCUT2D eigenvalue weighted by atomic mass is 16.5. The molecule has 4 aliphatic carbocycles. The van der Waals surface area contributed by atoms with Gasteiger partial charge in [0.2, 0.25) is 0 Å². The summed E-state index contributed by atoms with van der Waals surface area (Å²) in [6.45, 7) is 4.41. The van der Waals surface area contributed by atoms with E-state index in [9.17, 15) is 9.59 Å². The molecule has 0 aromatic carbocycles. The Bertz CT molecular complexity index is 624. The van der Waals surface area contributed by atoms with Gasteiger partial charge in [0.1, 0.15) is 11.6 Å². The number of carbonyl (C=O) groups excluding carboxylic acids is 2. The van der Waals surface area contributed by atoms with Crippen molar-refractivity contribution in [2.24, 2.45) is 35.5 Å². The molecule has 4 saturated carbocycles. The molecule has 220 valence electrons. The van der Waals surface area contributed by atoms with Crippen LogP contribution in [0, 0.1) is 35.5 Å². The molecule has 4 fully saturated rings. The van der Waals surface area contributed by atoms with Crippen molar-refractivity contribution in [1.29, 1.82) is 0 Å². The lowest BCUT2D eigenvalue weighted by Gasteiger charge is -2.28. The van der Waals surface area contributed by atoms with Crippen molar-refractivity contribution in [1.82, 2.24) is 0 Å². The van der Waals surface area contributed by atoms with E-state index in [-0.39, 0.29) is 0 Å². The molecule has 0 aromatic heterocycles. The molecule has 8 unspecified atom stereocenters. The number of hydrogen-bond acceptors (Lipinski definition) is 4. The Morgan fingerprint density at radius 3 is 1.42 bits per heavy atom. The molecular formula is C34H60O4. The number of Topliss-reactive ketones (excluding diaryl/α,β-unsaturated/α-hetero) is 2. The first-order valence-electron chi connectivity index (χ1n) is 16.6. The molecule has 0 radical (unpaired) electrons. The van der Waals surface area contributed by atoms with E-state index in [2.05, 4.69) is 13.8 Å². The number of ketones is 2. The van der Waals surface area contributed by atoms with Crippen molar-refractivity contribution in [3.05, 3.63) is 0 Å². The van der Waals surface area contributed by atoms with Crippen molar-refractivity contribution in [2.45, 2.75) is 154 Å². The Kier molecular flexibility index (Phi) is 14.3. The van der Waals surface area contributed by atoms with Crippen LogP contribution in [0.5, 0.6) is 0 Å². The van der Waals surface area contributed by atoms with Gasteiger partial charge in [-0.25, -0.2) is 0 Å². The molecule has 0 bridgehead atoms. The van der Waals surface area contributed by atoms with Gasteiger partial charge < -0.3 is 9.47 Å². The summed E-state index contributed by atoms with van der Waals surface area (Å²) in [5.41, 5.74) is 0. The Balaban J connectivity index is 0.000000211. The SMILES string of the molecule is CCC(CCCCC1CCC2CC(=O)CCC12)OC.CCC(CCCCC1CCC2CC(=O)CCC12)OC. The lowest BCUT2D eigenvalue weighted by atomic mass is 9.76. The molecule has 0 amide bonds. The van der Waals surface area contributed by atoms with E-state index < -0.39 is 0 Å². The van der Waals surface area contributed by atoms with Gasteiger partial charge in [-0.1, -0.05) is 52.4 Å². The van der Waals surface area contributed by atoms with Crippen molar-refractivity contribution in [2.75, 3.05) is 14.2 Å². The maximum absolute atomic E-state index is 11.5. The van der Waals surface area contributed by atoms with Crippen LogP contribution >= 0.6 is 0 Å². The predicted octanol–water partition coefficient (Wildman–Crippen LogP) is 8.73. The summed E-state index contributed by atoms with van der Waals surface area (Å²) in [7, 11) is 3.66. The van der Waals surface area contributed by atoms with Crippen LogP contribution < -0.4 is 0 Å². The number of ether oxygens (including phenoxy) is 2. The third-order valence-corrected chi connectivity index (χ3v) is 11.0. The van der Waals surface area contributed by atoms with E-state index >= 15 is 0 Å². The van der Waals surface area contributed by atoms with Gasteiger partial charge in [0, 0.05) is 39.9 Å². The van der Waals surface area contributed by atoms with Gasteiger partial charge in [-0.05, 0) is 99.7 Å². The maximum atomic E-state index is 11.5. The largest absolute Gasteiger partial charge is 0.381 e. The second kappa shape index (κ2) is 17.2. The zero-order chi connectivity index (χ0) is 27.3. The van der Waals surface area contributed by atoms with Crippen LogP contribution in [0.4, 0.5) is 0 Å². The highest BCUT2D eigenvalue weighted by Crippen LogP contribution is 2.47. The molecule has 38 heavy (non-hydrogen) atoms. The first-order chi connectivity index (χ1) is 18.5. The zero-order valence-corrected chi connectivity index (χ0v) is 25.4. The lowest BCUT2D eigenvalue weighted by Crippen LogP contribution is -2.24. The van der Waals surface area contributed by atoms with Crippen LogP contribution in [0.15, 0.2) is 0 Å².